The van der Waals surface area contributed by atoms with Gasteiger partial charge in [0.05, 0.1) is 0 Å². The third-order valence-corrected chi connectivity index (χ3v) is 5.85. The summed E-state index contributed by atoms with van der Waals surface area (Å²) in [5, 5.41) is 7.26. The number of anilines is 1. The Bertz CT molecular complexity index is 794. The lowest BCUT2D eigenvalue weighted by atomic mass is 9.93. The highest BCUT2D eigenvalue weighted by Crippen LogP contribution is 2.31. The Labute approximate surface area is 178 Å². The number of piperidine rings is 1. The number of nitrogens with zero attached hydrogens (tertiary/aromatic N) is 1. The molecule has 0 saturated carbocycles. The minimum Gasteiger partial charge on any atom is -0.486 e. The molecule has 1 saturated heterocycles. The molecule has 0 aromatic heterocycles. The number of para-hydroxylation sites is 3. The van der Waals surface area contributed by atoms with Gasteiger partial charge in [0.15, 0.2) is 16.6 Å². The molecule has 0 radical (unpaired) electrons. The number of hydrogen-bond donors (Lipinski definition) is 2. The highest BCUT2D eigenvalue weighted by molar-refractivity contribution is 7.80. The van der Waals surface area contributed by atoms with Gasteiger partial charge in [-0.2, -0.15) is 0 Å². The number of ether oxygens (including phenoxy) is 2. The largest absolute Gasteiger partial charge is 0.486 e. The fourth-order valence-electron chi connectivity index (χ4n) is 3.99. The quantitative estimate of drug-likeness (QED) is 0.703. The zero-order chi connectivity index (χ0) is 19.9. The summed E-state index contributed by atoms with van der Waals surface area (Å²) in [5.41, 5.74) is 1.02. The standard InChI is InChI=1S/C23H29N3O2S/c29-23(25-19-6-2-1-3-7-19)24-13-10-18-11-14-26(15-12-18)16-20-17-27-21-8-4-5-9-22(21)28-20/h1-9,18,20H,10-17H2,(H2,24,25,29). The third-order valence-electron chi connectivity index (χ3n) is 5.61. The fourth-order valence-corrected chi connectivity index (χ4v) is 4.21. The maximum absolute atomic E-state index is 6.10. The van der Waals surface area contributed by atoms with Crippen LogP contribution in [0, 0.1) is 5.92 Å². The van der Waals surface area contributed by atoms with Gasteiger partial charge in [0.1, 0.15) is 12.7 Å². The number of benzene rings is 2. The number of thiocarbonyl (C=S) groups is 1. The van der Waals surface area contributed by atoms with Gasteiger partial charge >= 0.3 is 0 Å². The second-order valence-corrected chi connectivity index (χ2v) is 8.19. The first-order valence-electron chi connectivity index (χ1n) is 10.5. The van der Waals surface area contributed by atoms with Crippen molar-refractivity contribution in [2.45, 2.75) is 25.4 Å². The maximum Gasteiger partial charge on any atom is 0.170 e. The van der Waals surface area contributed by atoms with E-state index in [0.717, 1.165) is 55.7 Å². The van der Waals surface area contributed by atoms with Crippen LogP contribution in [-0.4, -0.2) is 48.9 Å². The van der Waals surface area contributed by atoms with E-state index >= 15 is 0 Å². The van der Waals surface area contributed by atoms with E-state index in [-0.39, 0.29) is 6.10 Å². The molecule has 0 spiro atoms. The van der Waals surface area contributed by atoms with Gasteiger partial charge in [-0.05, 0) is 74.8 Å². The Balaban J connectivity index is 1.12. The molecule has 2 aromatic carbocycles. The first kappa shape index (κ1) is 20.0. The van der Waals surface area contributed by atoms with Crippen LogP contribution in [0.1, 0.15) is 19.3 Å². The number of hydrogen-bond acceptors (Lipinski definition) is 4. The van der Waals surface area contributed by atoms with Crippen LogP contribution in [0.5, 0.6) is 11.5 Å². The molecule has 6 heteroatoms. The summed E-state index contributed by atoms with van der Waals surface area (Å²) in [6.45, 7) is 4.73. The summed E-state index contributed by atoms with van der Waals surface area (Å²) >= 11 is 5.38. The SMILES string of the molecule is S=C(NCCC1CCN(CC2COc3ccccc3O2)CC1)Nc1ccccc1. The van der Waals surface area contributed by atoms with E-state index < -0.39 is 0 Å². The lowest BCUT2D eigenvalue weighted by molar-refractivity contribution is 0.0473. The summed E-state index contributed by atoms with van der Waals surface area (Å²) in [4.78, 5) is 2.51. The lowest BCUT2D eigenvalue weighted by Gasteiger charge is -2.35. The average Bonchev–Trinajstić information content (AvgIpc) is 2.76. The second kappa shape index (κ2) is 9.94. The van der Waals surface area contributed by atoms with Crippen molar-refractivity contribution in [2.75, 3.05) is 38.1 Å². The number of fused-ring (bicyclic) bond motifs is 1. The molecule has 0 bridgehead atoms. The van der Waals surface area contributed by atoms with Gasteiger partial charge in [-0.15, -0.1) is 0 Å². The van der Waals surface area contributed by atoms with E-state index in [1.54, 1.807) is 0 Å². The van der Waals surface area contributed by atoms with Gasteiger partial charge in [-0.1, -0.05) is 30.3 Å². The van der Waals surface area contributed by atoms with Crippen LogP contribution >= 0.6 is 12.2 Å². The first-order chi connectivity index (χ1) is 14.3. The zero-order valence-corrected chi connectivity index (χ0v) is 17.5. The third kappa shape index (κ3) is 5.84. The molecule has 2 N–H and O–H groups in total. The van der Waals surface area contributed by atoms with Gasteiger partial charge < -0.3 is 20.1 Å². The van der Waals surface area contributed by atoms with Crippen molar-refractivity contribution >= 4 is 23.0 Å². The van der Waals surface area contributed by atoms with Crippen molar-refractivity contribution in [3.8, 4) is 11.5 Å². The van der Waals surface area contributed by atoms with E-state index in [9.17, 15) is 0 Å². The molecular weight excluding hydrogens is 382 g/mol. The molecule has 29 heavy (non-hydrogen) atoms. The van der Waals surface area contributed by atoms with Crippen LogP contribution in [0.4, 0.5) is 5.69 Å². The molecule has 2 aliphatic rings. The van der Waals surface area contributed by atoms with E-state index in [2.05, 4.69) is 15.5 Å². The van der Waals surface area contributed by atoms with E-state index in [4.69, 9.17) is 21.7 Å². The molecule has 1 unspecified atom stereocenters. The van der Waals surface area contributed by atoms with Crippen LogP contribution < -0.4 is 20.1 Å². The summed E-state index contributed by atoms with van der Waals surface area (Å²) in [7, 11) is 0. The van der Waals surface area contributed by atoms with E-state index in [1.165, 1.54) is 12.8 Å². The number of rotatable bonds is 6. The minimum atomic E-state index is 0.115. The highest BCUT2D eigenvalue weighted by Gasteiger charge is 2.26. The summed E-state index contributed by atoms with van der Waals surface area (Å²) in [6.07, 6.45) is 3.72. The van der Waals surface area contributed by atoms with Crippen LogP contribution in [0.25, 0.3) is 0 Å². The number of nitrogens with one attached hydrogen (secondary N) is 2. The monoisotopic (exact) mass is 411 g/mol. The van der Waals surface area contributed by atoms with Crippen molar-refractivity contribution in [1.29, 1.82) is 0 Å². The van der Waals surface area contributed by atoms with Crippen molar-refractivity contribution in [1.82, 2.24) is 10.2 Å². The van der Waals surface area contributed by atoms with Gasteiger partial charge in [0.2, 0.25) is 0 Å². The predicted octanol–water partition coefficient (Wildman–Crippen LogP) is 3.92. The highest BCUT2D eigenvalue weighted by atomic mass is 32.1. The Morgan fingerprint density at radius 1 is 1.00 bits per heavy atom. The molecule has 154 valence electrons. The summed E-state index contributed by atoms with van der Waals surface area (Å²) in [6, 6.07) is 18.0. The van der Waals surface area contributed by atoms with Crippen molar-refractivity contribution in [3.05, 3.63) is 54.6 Å². The summed E-state index contributed by atoms with van der Waals surface area (Å²) < 4.78 is 11.9. The Hall–Kier alpha value is -2.31. The molecule has 0 aliphatic carbocycles. The molecule has 1 fully saturated rings. The average molecular weight is 412 g/mol. The van der Waals surface area contributed by atoms with E-state index in [0.29, 0.717) is 11.7 Å². The van der Waals surface area contributed by atoms with Gasteiger partial charge in [-0.3, -0.25) is 4.90 Å². The molecule has 4 rings (SSSR count). The summed E-state index contributed by atoms with van der Waals surface area (Å²) in [5.74, 6) is 2.47. The molecule has 1 atom stereocenters. The normalized spacial score (nSPS) is 19.5. The van der Waals surface area contributed by atoms with Gasteiger partial charge in [-0.25, -0.2) is 0 Å². The Morgan fingerprint density at radius 2 is 1.72 bits per heavy atom. The van der Waals surface area contributed by atoms with Crippen LogP contribution in [0.15, 0.2) is 54.6 Å². The fraction of sp³-hybridized carbons (Fsp3) is 0.435. The zero-order valence-electron chi connectivity index (χ0n) is 16.7. The smallest absolute Gasteiger partial charge is 0.170 e. The topological polar surface area (TPSA) is 45.8 Å². The second-order valence-electron chi connectivity index (χ2n) is 7.78. The molecule has 2 aromatic rings. The van der Waals surface area contributed by atoms with Crippen LogP contribution in [0.2, 0.25) is 0 Å². The van der Waals surface area contributed by atoms with Crippen LogP contribution in [-0.2, 0) is 0 Å². The van der Waals surface area contributed by atoms with Gasteiger partial charge in [0, 0.05) is 18.8 Å². The molecule has 5 nitrogen and oxygen atoms in total. The maximum atomic E-state index is 6.10. The molecular formula is C23H29N3O2S. The lowest BCUT2D eigenvalue weighted by Crippen LogP contribution is -2.44. The molecule has 2 aliphatic heterocycles. The predicted molar refractivity (Wildman–Crippen MR) is 121 cm³/mol. The molecule has 2 heterocycles. The minimum absolute atomic E-state index is 0.115. The number of likely N-dealkylation sites (tertiary alicyclic amines) is 1. The van der Waals surface area contributed by atoms with Crippen LogP contribution in [0.3, 0.4) is 0 Å². The first-order valence-corrected chi connectivity index (χ1v) is 10.9. The van der Waals surface area contributed by atoms with Crippen molar-refractivity contribution in [2.24, 2.45) is 5.92 Å². The molecule has 0 amide bonds. The van der Waals surface area contributed by atoms with E-state index in [1.807, 2.05) is 54.6 Å². The van der Waals surface area contributed by atoms with Gasteiger partial charge in [0.25, 0.3) is 0 Å². The Kier molecular flexibility index (Phi) is 6.85. The Morgan fingerprint density at radius 3 is 2.52 bits per heavy atom. The van der Waals surface area contributed by atoms with Crippen molar-refractivity contribution < 1.29 is 9.47 Å². The van der Waals surface area contributed by atoms with Crippen molar-refractivity contribution in [3.63, 3.8) is 0 Å².